The molecule has 1 aromatic heterocycles. The molecular formula is C21H19NO3. The predicted molar refractivity (Wildman–Crippen MR) is 96.4 cm³/mol. The molecule has 1 amide bonds. The first-order valence-corrected chi connectivity index (χ1v) is 8.33. The molecule has 0 saturated carbocycles. The van der Waals surface area contributed by atoms with Crippen LogP contribution in [-0.4, -0.2) is 13.0 Å². The van der Waals surface area contributed by atoms with E-state index in [1.165, 1.54) is 0 Å². The number of nitrogens with zero attached hydrogens (tertiary/aromatic N) is 1. The highest BCUT2D eigenvalue weighted by Crippen LogP contribution is 2.43. The zero-order valence-corrected chi connectivity index (χ0v) is 14.0. The maximum atomic E-state index is 13.0. The molecule has 2 aromatic rings. The van der Waals surface area contributed by atoms with Gasteiger partial charge in [0, 0.05) is 29.6 Å². The third kappa shape index (κ3) is 2.80. The van der Waals surface area contributed by atoms with Crippen molar-refractivity contribution < 1.29 is 13.9 Å². The summed E-state index contributed by atoms with van der Waals surface area (Å²) >= 11 is 0. The second-order valence-corrected chi connectivity index (χ2v) is 6.14. The lowest BCUT2D eigenvalue weighted by Gasteiger charge is -2.38. The minimum atomic E-state index is 0.0133. The number of allylic oxidation sites excluding steroid dienone is 5. The molecule has 0 spiro atoms. The summed E-state index contributed by atoms with van der Waals surface area (Å²) in [6.45, 7) is 0. The molecule has 2 heterocycles. The number of carbonyl (C=O) groups is 1. The summed E-state index contributed by atoms with van der Waals surface area (Å²) < 4.78 is 10.8. The first kappa shape index (κ1) is 15.5. The van der Waals surface area contributed by atoms with Gasteiger partial charge in [-0.25, -0.2) is 0 Å². The van der Waals surface area contributed by atoms with Gasteiger partial charge in [-0.2, -0.15) is 0 Å². The van der Waals surface area contributed by atoms with Crippen molar-refractivity contribution in [2.24, 2.45) is 5.92 Å². The van der Waals surface area contributed by atoms with E-state index in [0.717, 1.165) is 22.9 Å². The van der Waals surface area contributed by atoms with Crippen molar-refractivity contribution in [2.45, 2.75) is 12.3 Å². The third-order valence-corrected chi connectivity index (χ3v) is 4.72. The first-order chi connectivity index (χ1) is 12.3. The highest BCUT2D eigenvalue weighted by Gasteiger charge is 2.39. The number of furan rings is 1. The number of hydrogen-bond acceptors (Lipinski definition) is 3. The van der Waals surface area contributed by atoms with E-state index in [1.807, 2.05) is 65.6 Å². The fourth-order valence-electron chi connectivity index (χ4n) is 3.53. The van der Waals surface area contributed by atoms with Crippen LogP contribution < -0.4 is 9.64 Å². The molecule has 0 N–H and O–H groups in total. The number of methoxy groups -OCH3 is 1. The topological polar surface area (TPSA) is 42.7 Å². The fraction of sp³-hybridized carbons (Fsp3) is 0.190. The molecule has 0 bridgehead atoms. The average Bonchev–Trinajstić information content (AvgIpc) is 3.06. The summed E-state index contributed by atoms with van der Waals surface area (Å²) in [5.74, 6) is 1.79. The van der Waals surface area contributed by atoms with Crippen molar-refractivity contribution in [2.75, 3.05) is 12.0 Å². The number of anilines is 1. The number of amides is 1. The summed E-state index contributed by atoms with van der Waals surface area (Å²) in [4.78, 5) is 14.8. The molecule has 2 atom stereocenters. The molecule has 4 heteroatoms. The SMILES string of the molecule is COc1ccc(N2C(=O)C[C@@H](c3ccco3)[C@@H]3C=CC=CC=C32)cc1. The van der Waals surface area contributed by atoms with E-state index < -0.39 is 0 Å². The Bertz CT molecular complexity index is 844. The Morgan fingerprint density at radius 3 is 2.68 bits per heavy atom. The van der Waals surface area contributed by atoms with Gasteiger partial charge in [-0.15, -0.1) is 0 Å². The highest BCUT2D eigenvalue weighted by molar-refractivity contribution is 5.98. The maximum absolute atomic E-state index is 13.0. The van der Waals surface area contributed by atoms with Crippen LogP contribution in [0.15, 0.2) is 83.2 Å². The zero-order valence-electron chi connectivity index (χ0n) is 14.0. The summed E-state index contributed by atoms with van der Waals surface area (Å²) in [5.41, 5.74) is 1.82. The second kappa shape index (κ2) is 6.48. The summed E-state index contributed by atoms with van der Waals surface area (Å²) in [7, 11) is 1.63. The number of carbonyl (C=O) groups excluding carboxylic acids is 1. The van der Waals surface area contributed by atoms with Gasteiger partial charge in [0.05, 0.1) is 13.4 Å². The van der Waals surface area contributed by atoms with Crippen LogP contribution >= 0.6 is 0 Å². The Morgan fingerprint density at radius 1 is 1.12 bits per heavy atom. The van der Waals surface area contributed by atoms with E-state index >= 15 is 0 Å². The molecule has 4 rings (SSSR count). The van der Waals surface area contributed by atoms with Crippen molar-refractivity contribution >= 4 is 11.6 Å². The molecule has 1 aliphatic carbocycles. The molecule has 4 nitrogen and oxygen atoms in total. The van der Waals surface area contributed by atoms with Gasteiger partial charge in [0.2, 0.25) is 5.91 Å². The van der Waals surface area contributed by atoms with Crippen LogP contribution in [0.2, 0.25) is 0 Å². The molecule has 1 saturated heterocycles. The second-order valence-electron chi connectivity index (χ2n) is 6.14. The third-order valence-electron chi connectivity index (χ3n) is 4.72. The normalized spacial score (nSPS) is 22.4. The molecule has 25 heavy (non-hydrogen) atoms. The largest absolute Gasteiger partial charge is 0.497 e. The molecule has 1 fully saturated rings. The highest BCUT2D eigenvalue weighted by atomic mass is 16.5. The van der Waals surface area contributed by atoms with Crippen molar-refractivity contribution in [3.05, 3.63) is 84.5 Å². The minimum Gasteiger partial charge on any atom is -0.497 e. The van der Waals surface area contributed by atoms with Crippen LogP contribution in [0.1, 0.15) is 18.1 Å². The number of benzene rings is 1. The van der Waals surface area contributed by atoms with Crippen LogP contribution in [0.25, 0.3) is 0 Å². The van der Waals surface area contributed by atoms with Crippen LogP contribution in [-0.2, 0) is 4.79 Å². The van der Waals surface area contributed by atoms with Crippen LogP contribution in [0.5, 0.6) is 5.75 Å². The smallest absolute Gasteiger partial charge is 0.232 e. The van der Waals surface area contributed by atoms with Crippen LogP contribution in [0, 0.1) is 5.92 Å². The van der Waals surface area contributed by atoms with Gasteiger partial charge in [-0.3, -0.25) is 9.69 Å². The summed E-state index contributed by atoms with van der Waals surface area (Å²) in [6.07, 6.45) is 12.2. The molecule has 1 aromatic carbocycles. The van der Waals surface area contributed by atoms with Gasteiger partial charge >= 0.3 is 0 Å². The van der Waals surface area contributed by atoms with E-state index in [1.54, 1.807) is 13.4 Å². The first-order valence-electron chi connectivity index (χ1n) is 8.33. The maximum Gasteiger partial charge on any atom is 0.232 e. The van der Waals surface area contributed by atoms with E-state index in [2.05, 4.69) is 6.08 Å². The lowest BCUT2D eigenvalue weighted by molar-refractivity contribution is -0.119. The molecular weight excluding hydrogens is 314 g/mol. The lowest BCUT2D eigenvalue weighted by Crippen LogP contribution is -2.41. The Kier molecular flexibility index (Phi) is 4.02. The van der Waals surface area contributed by atoms with E-state index in [0.29, 0.717) is 6.42 Å². The van der Waals surface area contributed by atoms with Gasteiger partial charge in [0.25, 0.3) is 0 Å². The zero-order chi connectivity index (χ0) is 17.2. The van der Waals surface area contributed by atoms with Gasteiger partial charge in [-0.05, 0) is 42.5 Å². The molecule has 0 radical (unpaired) electrons. The predicted octanol–water partition coefficient (Wildman–Crippen LogP) is 4.43. The van der Waals surface area contributed by atoms with Gasteiger partial charge < -0.3 is 9.15 Å². The fourth-order valence-corrected chi connectivity index (χ4v) is 3.53. The van der Waals surface area contributed by atoms with Crippen LogP contribution in [0.3, 0.4) is 0 Å². The summed E-state index contributed by atoms with van der Waals surface area (Å²) in [6, 6.07) is 11.4. The average molecular weight is 333 g/mol. The van der Waals surface area contributed by atoms with Crippen molar-refractivity contribution in [1.29, 1.82) is 0 Å². The van der Waals surface area contributed by atoms with Gasteiger partial charge in [0.15, 0.2) is 0 Å². The number of rotatable bonds is 3. The van der Waals surface area contributed by atoms with Crippen molar-refractivity contribution in [3.63, 3.8) is 0 Å². The van der Waals surface area contributed by atoms with Gasteiger partial charge in [-0.1, -0.05) is 24.3 Å². The molecule has 0 unspecified atom stereocenters. The van der Waals surface area contributed by atoms with Crippen LogP contribution in [0.4, 0.5) is 5.69 Å². The summed E-state index contributed by atoms with van der Waals surface area (Å²) in [5, 5.41) is 0. The number of piperidine rings is 1. The molecule has 1 aliphatic heterocycles. The van der Waals surface area contributed by atoms with E-state index in [4.69, 9.17) is 9.15 Å². The Hall–Kier alpha value is -3.01. The number of fused-ring (bicyclic) bond motifs is 1. The molecule has 2 aliphatic rings. The Labute approximate surface area is 146 Å². The standard InChI is InChI=1S/C21H19NO3/c1-24-16-11-9-15(10-12-16)22-19-7-4-2-3-6-17(19)18(14-21(22)23)20-8-5-13-25-20/h2-13,17-18H,14H2,1H3/t17-,18+/m0/s1. The number of hydrogen-bond donors (Lipinski definition) is 0. The number of ether oxygens (including phenoxy) is 1. The lowest BCUT2D eigenvalue weighted by atomic mass is 9.80. The minimum absolute atomic E-state index is 0.0133. The van der Waals surface area contributed by atoms with Crippen molar-refractivity contribution in [1.82, 2.24) is 0 Å². The Balaban J connectivity index is 1.76. The molecule has 126 valence electrons. The van der Waals surface area contributed by atoms with E-state index in [-0.39, 0.29) is 17.7 Å². The Morgan fingerprint density at radius 2 is 1.96 bits per heavy atom. The van der Waals surface area contributed by atoms with Gasteiger partial charge in [0.1, 0.15) is 11.5 Å². The monoisotopic (exact) mass is 333 g/mol. The quantitative estimate of drug-likeness (QED) is 0.834. The van der Waals surface area contributed by atoms with E-state index in [9.17, 15) is 4.79 Å². The van der Waals surface area contributed by atoms with Crippen molar-refractivity contribution in [3.8, 4) is 5.75 Å².